The number of Topliss-reactive ketones (excluding diaryl/α,β-unsaturated/α-hetero) is 1. The third-order valence-corrected chi connectivity index (χ3v) is 5.47. The highest BCUT2D eigenvalue weighted by Gasteiger charge is 2.42. The van der Waals surface area contributed by atoms with Gasteiger partial charge in [-0.3, -0.25) is 14.4 Å². The minimum absolute atomic E-state index is 0.243. The molecule has 2 aromatic rings. The summed E-state index contributed by atoms with van der Waals surface area (Å²) < 4.78 is 21.4. The van der Waals surface area contributed by atoms with Gasteiger partial charge in [0.15, 0.2) is 11.5 Å². The molecule has 9 heteroatoms. The molecule has 0 radical (unpaired) electrons. The minimum Gasteiger partial charge on any atom is -0.491 e. The number of ether oxygens (including phenoxy) is 4. The molecule has 2 heterocycles. The number of ketones is 1. The Labute approximate surface area is 179 Å². The van der Waals surface area contributed by atoms with Crippen molar-refractivity contribution in [2.45, 2.75) is 39.7 Å². The number of hydrogen-bond donors (Lipinski definition) is 0. The molecule has 2 unspecified atom stereocenters. The van der Waals surface area contributed by atoms with Crippen LogP contribution in [0.1, 0.15) is 43.8 Å². The van der Waals surface area contributed by atoms with Crippen LogP contribution in [0.25, 0.3) is 10.2 Å². The summed E-state index contributed by atoms with van der Waals surface area (Å²) in [6.45, 7) is 6.82. The van der Waals surface area contributed by atoms with Gasteiger partial charge in [0.1, 0.15) is 11.5 Å². The fourth-order valence-electron chi connectivity index (χ4n) is 3.01. The maximum atomic E-state index is 13.4. The lowest BCUT2D eigenvalue weighted by Crippen LogP contribution is -2.40. The van der Waals surface area contributed by atoms with E-state index in [4.69, 9.17) is 18.9 Å². The fraction of sp³-hybridized carbons (Fsp3) is 0.524. The summed E-state index contributed by atoms with van der Waals surface area (Å²) in [6.07, 6.45) is 0.243. The van der Waals surface area contributed by atoms with Crippen molar-refractivity contribution in [2.75, 3.05) is 21.3 Å². The van der Waals surface area contributed by atoms with Gasteiger partial charge in [-0.15, -0.1) is 11.3 Å². The lowest BCUT2D eigenvalue weighted by molar-refractivity contribution is -0.165. The molecule has 0 bridgehead atoms. The van der Waals surface area contributed by atoms with Crippen molar-refractivity contribution >= 4 is 39.3 Å². The van der Waals surface area contributed by atoms with Crippen molar-refractivity contribution < 1.29 is 33.3 Å². The maximum absolute atomic E-state index is 13.4. The Morgan fingerprint density at radius 3 is 2.23 bits per heavy atom. The molecule has 0 aliphatic carbocycles. The zero-order chi connectivity index (χ0) is 22.6. The second-order valence-electron chi connectivity index (χ2n) is 7.61. The van der Waals surface area contributed by atoms with Crippen molar-refractivity contribution in [3.8, 4) is 11.6 Å². The summed E-state index contributed by atoms with van der Waals surface area (Å²) in [5, 5.41) is 0. The van der Waals surface area contributed by atoms with Gasteiger partial charge >= 0.3 is 11.9 Å². The number of esters is 2. The van der Waals surface area contributed by atoms with Crippen molar-refractivity contribution in [1.29, 1.82) is 0 Å². The van der Waals surface area contributed by atoms with E-state index >= 15 is 0 Å². The Morgan fingerprint density at radius 1 is 1.07 bits per heavy atom. The summed E-state index contributed by atoms with van der Waals surface area (Å²) >= 11 is 1.16. The summed E-state index contributed by atoms with van der Waals surface area (Å²) in [4.78, 5) is 43.2. The van der Waals surface area contributed by atoms with Crippen LogP contribution in [0.4, 0.5) is 0 Å². The Balaban J connectivity index is 2.53. The second kappa shape index (κ2) is 9.42. The molecule has 2 aromatic heterocycles. The maximum Gasteiger partial charge on any atom is 0.318 e. The normalized spacial score (nSPS) is 13.4. The standard InChI is InChI=1S/C21H27NO7S/c1-8-11(19(24)28-7)16(20(25)29-21(2,3)4)17(23)15-9-12-14(30-15)10-13(26-5)18(22-12)27-6/h9-11,16H,8H2,1-7H3. The Bertz CT molecular complexity index is 904. The van der Waals surface area contributed by atoms with Crippen molar-refractivity contribution in [3.05, 3.63) is 17.0 Å². The van der Waals surface area contributed by atoms with Gasteiger partial charge < -0.3 is 18.9 Å². The largest absolute Gasteiger partial charge is 0.491 e. The quantitative estimate of drug-likeness (QED) is 0.350. The molecule has 0 aliphatic rings. The number of rotatable bonds is 8. The molecule has 30 heavy (non-hydrogen) atoms. The van der Waals surface area contributed by atoms with Crippen LogP contribution in [-0.4, -0.2) is 49.6 Å². The molecule has 0 saturated carbocycles. The molecule has 0 aromatic carbocycles. The summed E-state index contributed by atoms with van der Waals surface area (Å²) in [5.41, 5.74) is -0.290. The van der Waals surface area contributed by atoms with E-state index in [1.807, 2.05) is 0 Å². The average molecular weight is 438 g/mol. The van der Waals surface area contributed by atoms with Crippen molar-refractivity contribution in [3.63, 3.8) is 0 Å². The number of nitrogens with zero attached hydrogens (tertiary/aromatic N) is 1. The van der Waals surface area contributed by atoms with Crippen molar-refractivity contribution in [1.82, 2.24) is 4.98 Å². The number of aromatic nitrogens is 1. The first-order valence-electron chi connectivity index (χ1n) is 9.43. The van der Waals surface area contributed by atoms with Crippen LogP contribution in [-0.2, 0) is 19.1 Å². The van der Waals surface area contributed by atoms with Gasteiger partial charge in [-0.25, -0.2) is 4.98 Å². The Hall–Kier alpha value is -2.68. The van der Waals surface area contributed by atoms with Gasteiger partial charge in [0.05, 0.1) is 42.3 Å². The SMILES string of the molecule is CCC(C(=O)OC)C(C(=O)OC(C)(C)C)C(=O)c1cc2nc(OC)c(OC)cc2s1. The minimum atomic E-state index is -1.32. The first-order chi connectivity index (χ1) is 14.1. The topological polar surface area (TPSA) is 101 Å². The first kappa shape index (κ1) is 23.6. The van der Waals surface area contributed by atoms with Crippen LogP contribution >= 0.6 is 11.3 Å². The number of carbonyl (C=O) groups excluding carboxylic acids is 3. The molecule has 2 atom stereocenters. The number of thiophene rings is 1. The van der Waals surface area contributed by atoms with E-state index in [0.717, 1.165) is 11.3 Å². The fourth-order valence-corrected chi connectivity index (χ4v) is 4.02. The van der Waals surface area contributed by atoms with Crippen molar-refractivity contribution in [2.24, 2.45) is 11.8 Å². The number of methoxy groups -OCH3 is 3. The molecule has 0 saturated heterocycles. The lowest BCUT2D eigenvalue weighted by atomic mass is 9.85. The number of carbonyl (C=O) groups is 3. The van der Waals surface area contributed by atoms with Crippen LogP contribution in [0.5, 0.6) is 11.6 Å². The van der Waals surface area contributed by atoms with Gasteiger partial charge in [0, 0.05) is 6.07 Å². The van der Waals surface area contributed by atoms with E-state index in [9.17, 15) is 14.4 Å². The monoisotopic (exact) mass is 437 g/mol. The zero-order valence-electron chi connectivity index (χ0n) is 18.2. The van der Waals surface area contributed by atoms with Crippen LogP contribution in [0.3, 0.4) is 0 Å². The Morgan fingerprint density at radius 2 is 1.73 bits per heavy atom. The van der Waals surface area contributed by atoms with E-state index in [-0.39, 0.29) is 17.2 Å². The molecule has 0 aliphatic heterocycles. The highest BCUT2D eigenvalue weighted by atomic mass is 32.1. The van der Waals surface area contributed by atoms with Crippen LogP contribution < -0.4 is 9.47 Å². The smallest absolute Gasteiger partial charge is 0.318 e. The zero-order valence-corrected chi connectivity index (χ0v) is 19.0. The second-order valence-corrected chi connectivity index (χ2v) is 8.69. The van der Waals surface area contributed by atoms with E-state index in [2.05, 4.69) is 4.98 Å². The van der Waals surface area contributed by atoms with Crippen LogP contribution in [0.15, 0.2) is 12.1 Å². The number of fused-ring (bicyclic) bond motifs is 1. The van der Waals surface area contributed by atoms with Gasteiger partial charge in [0.2, 0.25) is 0 Å². The first-order valence-corrected chi connectivity index (χ1v) is 10.2. The molecule has 8 nitrogen and oxygen atoms in total. The molecule has 0 N–H and O–H groups in total. The molecular weight excluding hydrogens is 410 g/mol. The summed E-state index contributed by atoms with van der Waals surface area (Å²) in [6, 6.07) is 3.29. The van der Waals surface area contributed by atoms with Gasteiger partial charge in [-0.2, -0.15) is 0 Å². The van der Waals surface area contributed by atoms with E-state index in [1.54, 1.807) is 39.8 Å². The van der Waals surface area contributed by atoms with Gasteiger partial charge in [0.25, 0.3) is 5.88 Å². The van der Waals surface area contributed by atoms with Gasteiger partial charge in [-0.05, 0) is 33.3 Å². The highest BCUT2D eigenvalue weighted by molar-refractivity contribution is 7.20. The van der Waals surface area contributed by atoms with Crippen LogP contribution in [0, 0.1) is 11.8 Å². The number of pyridine rings is 1. The molecule has 0 fully saturated rings. The predicted molar refractivity (Wildman–Crippen MR) is 112 cm³/mol. The van der Waals surface area contributed by atoms with Crippen LogP contribution in [0.2, 0.25) is 0 Å². The molecule has 2 rings (SSSR count). The summed E-state index contributed by atoms with van der Waals surface area (Å²) in [7, 11) is 4.19. The van der Waals surface area contributed by atoms with E-state index < -0.39 is 35.2 Å². The van der Waals surface area contributed by atoms with Gasteiger partial charge in [-0.1, -0.05) is 6.92 Å². The molecule has 164 valence electrons. The average Bonchev–Trinajstić information content (AvgIpc) is 3.11. The molecule has 0 amide bonds. The molecular formula is C21H27NO7S. The van der Waals surface area contributed by atoms with E-state index in [0.29, 0.717) is 16.0 Å². The highest BCUT2D eigenvalue weighted by Crippen LogP contribution is 2.36. The predicted octanol–water partition coefficient (Wildman–Crippen LogP) is 3.65. The summed E-state index contributed by atoms with van der Waals surface area (Å²) in [5.74, 6) is -3.47. The van der Waals surface area contributed by atoms with E-state index in [1.165, 1.54) is 21.3 Å². The number of hydrogen-bond acceptors (Lipinski definition) is 9. The molecule has 0 spiro atoms. The third-order valence-electron chi connectivity index (χ3n) is 4.38. The lowest BCUT2D eigenvalue weighted by Gasteiger charge is -2.26. The Kier molecular flexibility index (Phi) is 7.41. The third kappa shape index (κ3) is 5.08.